The van der Waals surface area contributed by atoms with E-state index in [4.69, 9.17) is 4.52 Å². The van der Waals surface area contributed by atoms with Crippen molar-refractivity contribution < 1.29 is 17.7 Å². The van der Waals surface area contributed by atoms with Crippen molar-refractivity contribution in [1.82, 2.24) is 24.0 Å². The molecule has 3 aliphatic rings. The summed E-state index contributed by atoms with van der Waals surface area (Å²) >= 11 is 0. The number of amides is 1. The van der Waals surface area contributed by atoms with Gasteiger partial charge in [-0.15, -0.1) is 0 Å². The fourth-order valence-corrected chi connectivity index (χ4v) is 6.10. The Kier molecular flexibility index (Phi) is 5.71. The van der Waals surface area contributed by atoms with Crippen LogP contribution in [0.2, 0.25) is 0 Å². The third kappa shape index (κ3) is 4.35. The van der Waals surface area contributed by atoms with Crippen LogP contribution in [-0.4, -0.2) is 84.3 Å². The second-order valence-corrected chi connectivity index (χ2v) is 10.6. The molecular formula is C19H31N5O4S. The van der Waals surface area contributed by atoms with Gasteiger partial charge >= 0.3 is 0 Å². The zero-order valence-corrected chi connectivity index (χ0v) is 18.2. The quantitative estimate of drug-likeness (QED) is 0.756. The predicted molar refractivity (Wildman–Crippen MR) is 108 cm³/mol. The largest absolute Gasteiger partial charge is 0.360 e. The van der Waals surface area contributed by atoms with Gasteiger partial charge in [0.15, 0.2) is 5.69 Å². The molecule has 0 radical (unpaired) electrons. The third-order valence-corrected chi connectivity index (χ3v) is 8.56. The molecule has 0 unspecified atom stereocenters. The summed E-state index contributed by atoms with van der Waals surface area (Å²) in [5.74, 6) is 0.947. The first-order chi connectivity index (χ1) is 13.8. The molecule has 162 valence electrons. The van der Waals surface area contributed by atoms with Crippen LogP contribution in [0.3, 0.4) is 0 Å². The smallest absolute Gasteiger partial charge is 0.282 e. The summed E-state index contributed by atoms with van der Waals surface area (Å²) in [5, 5.41) is 6.89. The van der Waals surface area contributed by atoms with Gasteiger partial charge < -0.3 is 14.7 Å². The topological polar surface area (TPSA) is 99.0 Å². The number of piperazine rings is 1. The molecule has 10 heteroatoms. The number of hydrogen-bond acceptors (Lipinski definition) is 6. The summed E-state index contributed by atoms with van der Waals surface area (Å²) in [4.78, 5) is 14.7. The van der Waals surface area contributed by atoms with E-state index in [2.05, 4.69) is 15.4 Å². The molecule has 0 bridgehead atoms. The van der Waals surface area contributed by atoms with Gasteiger partial charge in [-0.1, -0.05) is 5.16 Å². The highest BCUT2D eigenvalue weighted by molar-refractivity contribution is 7.86. The molecule has 1 amide bonds. The van der Waals surface area contributed by atoms with Gasteiger partial charge in [0.1, 0.15) is 5.76 Å². The van der Waals surface area contributed by atoms with Gasteiger partial charge in [0.25, 0.3) is 16.1 Å². The minimum absolute atomic E-state index is 0.0727. The Hall–Kier alpha value is -1.49. The molecule has 1 saturated carbocycles. The predicted octanol–water partition coefficient (Wildman–Crippen LogP) is 1.02. The summed E-state index contributed by atoms with van der Waals surface area (Å²) in [5.41, 5.74) is 0.307. The van der Waals surface area contributed by atoms with Crippen molar-refractivity contribution in [2.75, 3.05) is 33.2 Å². The molecule has 0 spiro atoms. The van der Waals surface area contributed by atoms with E-state index in [0.29, 0.717) is 44.1 Å². The van der Waals surface area contributed by atoms with E-state index in [9.17, 15) is 13.2 Å². The lowest BCUT2D eigenvalue weighted by molar-refractivity contribution is 0.0901. The number of hydrogen-bond donors (Lipinski definition) is 1. The number of rotatable bonds is 5. The van der Waals surface area contributed by atoms with Crippen molar-refractivity contribution in [3.05, 3.63) is 17.5 Å². The van der Waals surface area contributed by atoms with Crippen molar-refractivity contribution in [2.45, 2.75) is 63.6 Å². The van der Waals surface area contributed by atoms with E-state index in [0.717, 1.165) is 25.1 Å². The van der Waals surface area contributed by atoms with Gasteiger partial charge in [-0.2, -0.15) is 17.0 Å². The lowest BCUT2D eigenvalue weighted by atomic mass is 10.0. The number of piperidine rings is 1. The molecule has 2 aliphatic heterocycles. The van der Waals surface area contributed by atoms with Crippen LogP contribution in [0.5, 0.6) is 0 Å². The standard InChI is InChI=1S/C19H31N5O4S/c1-13-10-16(20-19(25)17-11-18(28-21-17)15-4-5-15)6-7-24(13)29(26,27)23-9-8-22(3)14(2)12-23/h11,13-16H,4-10,12H2,1-3H3,(H,20,25)/t13-,14-,16-/m0/s1. The van der Waals surface area contributed by atoms with Crippen LogP contribution in [0, 0.1) is 0 Å². The van der Waals surface area contributed by atoms with Crippen LogP contribution >= 0.6 is 0 Å². The average Bonchev–Trinajstić information content (AvgIpc) is 3.40. The van der Waals surface area contributed by atoms with E-state index >= 15 is 0 Å². The molecule has 29 heavy (non-hydrogen) atoms. The summed E-state index contributed by atoms with van der Waals surface area (Å²) in [6, 6.07) is 1.68. The molecule has 1 aliphatic carbocycles. The summed E-state index contributed by atoms with van der Waals surface area (Å²) < 4.78 is 34.7. The Morgan fingerprint density at radius 1 is 1.17 bits per heavy atom. The number of nitrogens with zero attached hydrogens (tertiary/aromatic N) is 4. The Bertz CT molecular complexity index is 853. The highest BCUT2D eigenvalue weighted by Crippen LogP contribution is 2.40. The van der Waals surface area contributed by atoms with Crippen molar-refractivity contribution in [2.24, 2.45) is 0 Å². The molecule has 3 heterocycles. The maximum Gasteiger partial charge on any atom is 0.282 e. The monoisotopic (exact) mass is 425 g/mol. The molecule has 9 nitrogen and oxygen atoms in total. The summed E-state index contributed by atoms with van der Waals surface area (Å²) in [6.45, 7) is 6.13. The fourth-order valence-electron chi connectivity index (χ4n) is 4.21. The molecule has 0 aromatic carbocycles. The maximum absolute atomic E-state index is 13.1. The molecule has 3 fully saturated rings. The Morgan fingerprint density at radius 2 is 1.93 bits per heavy atom. The number of aromatic nitrogens is 1. The van der Waals surface area contributed by atoms with Crippen LogP contribution in [-0.2, 0) is 10.2 Å². The number of carbonyl (C=O) groups excluding carboxylic acids is 1. The van der Waals surface area contributed by atoms with Crippen LogP contribution in [0.25, 0.3) is 0 Å². The molecule has 3 atom stereocenters. The Labute approximate surface area is 172 Å². The van der Waals surface area contributed by atoms with Crippen molar-refractivity contribution >= 4 is 16.1 Å². The second-order valence-electron chi connectivity index (χ2n) is 8.74. The summed E-state index contributed by atoms with van der Waals surface area (Å²) in [6.07, 6.45) is 3.35. The lowest BCUT2D eigenvalue weighted by Gasteiger charge is -2.43. The Balaban J connectivity index is 1.34. The van der Waals surface area contributed by atoms with Crippen molar-refractivity contribution in [1.29, 1.82) is 0 Å². The normalized spacial score (nSPS) is 30.4. The Morgan fingerprint density at radius 3 is 2.59 bits per heavy atom. The number of likely N-dealkylation sites (N-methyl/N-ethyl adjacent to an activating group) is 1. The van der Waals surface area contributed by atoms with Gasteiger partial charge in [0.2, 0.25) is 0 Å². The minimum atomic E-state index is -3.49. The zero-order valence-electron chi connectivity index (χ0n) is 17.4. The lowest BCUT2D eigenvalue weighted by Crippen LogP contribution is -2.59. The SMILES string of the molecule is C[C@H]1CN(S(=O)(=O)N2CC[C@H](NC(=O)c3cc(C4CC4)on3)C[C@@H]2C)CCN1C. The summed E-state index contributed by atoms with van der Waals surface area (Å²) in [7, 11) is -1.47. The molecule has 1 aromatic heterocycles. The van der Waals surface area contributed by atoms with Crippen molar-refractivity contribution in [3.8, 4) is 0 Å². The van der Waals surface area contributed by atoms with Gasteiger partial charge in [0.05, 0.1) is 0 Å². The molecular weight excluding hydrogens is 394 g/mol. The highest BCUT2D eigenvalue weighted by Gasteiger charge is 2.39. The van der Waals surface area contributed by atoms with Gasteiger partial charge in [0, 0.05) is 56.3 Å². The first kappa shape index (κ1) is 20.8. The zero-order chi connectivity index (χ0) is 20.8. The van der Waals surface area contributed by atoms with E-state index < -0.39 is 10.2 Å². The maximum atomic E-state index is 13.1. The van der Waals surface area contributed by atoms with Gasteiger partial charge in [-0.3, -0.25) is 4.79 Å². The first-order valence-corrected chi connectivity index (χ1v) is 11.9. The fraction of sp³-hybridized carbons (Fsp3) is 0.789. The van der Waals surface area contributed by atoms with E-state index in [1.54, 1.807) is 14.7 Å². The average molecular weight is 426 g/mol. The van der Waals surface area contributed by atoms with Crippen LogP contribution in [0.4, 0.5) is 0 Å². The van der Waals surface area contributed by atoms with Gasteiger partial charge in [-0.25, -0.2) is 0 Å². The minimum Gasteiger partial charge on any atom is -0.360 e. The highest BCUT2D eigenvalue weighted by atomic mass is 32.2. The first-order valence-electron chi connectivity index (χ1n) is 10.5. The van der Waals surface area contributed by atoms with E-state index in [-0.39, 0.29) is 24.0 Å². The molecule has 4 rings (SSSR count). The van der Waals surface area contributed by atoms with Crippen LogP contribution < -0.4 is 5.32 Å². The third-order valence-electron chi connectivity index (χ3n) is 6.44. The van der Waals surface area contributed by atoms with Gasteiger partial charge in [-0.05, 0) is 46.6 Å². The second kappa shape index (κ2) is 7.98. The van der Waals surface area contributed by atoms with Crippen LogP contribution in [0.15, 0.2) is 10.6 Å². The van der Waals surface area contributed by atoms with E-state index in [1.165, 1.54) is 0 Å². The molecule has 1 N–H and O–H groups in total. The van der Waals surface area contributed by atoms with Crippen molar-refractivity contribution in [3.63, 3.8) is 0 Å². The number of carbonyl (C=O) groups is 1. The van der Waals surface area contributed by atoms with Crippen LogP contribution in [0.1, 0.15) is 61.7 Å². The molecule has 2 saturated heterocycles. The molecule has 1 aromatic rings. The van der Waals surface area contributed by atoms with E-state index in [1.807, 2.05) is 20.9 Å². The number of nitrogens with one attached hydrogen (secondary N) is 1.